The van der Waals surface area contributed by atoms with E-state index in [1.807, 2.05) is 36.9 Å². The van der Waals surface area contributed by atoms with E-state index in [4.69, 9.17) is 0 Å². The zero-order chi connectivity index (χ0) is 21.2. The molecule has 1 aliphatic rings. The van der Waals surface area contributed by atoms with Crippen molar-refractivity contribution in [2.24, 2.45) is 0 Å². The van der Waals surface area contributed by atoms with Crippen LogP contribution in [0, 0.1) is 25.5 Å². The molecule has 3 rings (SSSR count). The Morgan fingerprint density at radius 1 is 1.03 bits per heavy atom. The van der Waals surface area contributed by atoms with Crippen molar-refractivity contribution < 1.29 is 22.0 Å². The third-order valence-corrected chi connectivity index (χ3v) is 6.87. The van der Waals surface area contributed by atoms with Gasteiger partial charge in [-0.05, 0) is 43.2 Å². The van der Waals surface area contributed by atoms with Crippen LogP contribution in [-0.4, -0.2) is 56.3 Å². The number of rotatable bonds is 5. The van der Waals surface area contributed by atoms with Gasteiger partial charge >= 0.3 is 0 Å². The Bertz CT molecular complexity index is 999. The van der Waals surface area contributed by atoms with E-state index in [1.54, 1.807) is 0 Å². The highest BCUT2D eigenvalue weighted by molar-refractivity contribution is 7.89. The maximum Gasteiger partial charge on any atom is 0.246 e. The molecule has 0 unspecified atom stereocenters. The average Bonchev–Trinajstić information content (AvgIpc) is 2.67. The highest BCUT2D eigenvalue weighted by Gasteiger charge is 2.31. The Kier molecular flexibility index (Phi) is 6.30. The molecule has 0 spiro atoms. The van der Waals surface area contributed by atoms with Crippen LogP contribution < -0.4 is 5.32 Å². The molecular weight excluding hydrogens is 400 g/mol. The van der Waals surface area contributed by atoms with Crippen molar-refractivity contribution in [2.75, 3.05) is 38.0 Å². The number of benzene rings is 2. The molecule has 0 atom stereocenters. The first-order valence-electron chi connectivity index (χ1n) is 9.22. The van der Waals surface area contributed by atoms with Crippen molar-refractivity contribution in [1.29, 1.82) is 0 Å². The number of amides is 1. The summed E-state index contributed by atoms with van der Waals surface area (Å²) in [5.41, 5.74) is 2.71. The van der Waals surface area contributed by atoms with Gasteiger partial charge in [-0.25, -0.2) is 17.2 Å². The minimum atomic E-state index is -4.14. The summed E-state index contributed by atoms with van der Waals surface area (Å²) in [4.78, 5) is 13.6. The normalized spacial score (nSPS) is 16.0. The van der Waals surface area contributed by atoms with E-state index in [0.29, 0.717) is 19.2 Å². The molecular formula is C20H23F2N3O3S. The Hall–Kier alpha value is -2.36. The Labute approximate surface area is 169 Å². The smallest absolute Gasteiger partial charge is 0.246 e. The first kappa shape index (κ1) is 21.4. The van der Waals surface area contributed by atoms with E-state index in [1.165, 1.54) is 0 Å². The molecule has 2 aromatic rings. The fraction of sp³-hybridized carbons (Fsp3) is 0.350. The van der Waals surface area contributed by atoms with Gasteiger partial charge in [-0.15, -0.1) is 0 Å². The summed E-state index contributed by atoms with van der Waals surface area (Å²) in [6.45, 7) is 4.77. The third-order valence-electron chi connectivity index (χ3n) is 4.96. The van der Waals surface area contributed by atoms with Crippen LogP contribution in [0.1, 0.15) is 11.1 Å². The van der Waals surface area contributed by atoms with Crippen molar-refractivity contribution in [3.05, 3.63) is 59.2 Å². The predicted molar refractivity (Wildman–Crippen MR) is 106 cm³/mol. The van der Waals surface area contributed by atoms with Gasteiger partial charge in [-0.3, -0.25) is 9.69 Å². The monoisotopic (exact) mass is 423 g/mol. The Morgan fingerprint density at radius 2 is 1.66 bits per heavy atom. The highest BCUT2D eigenvalue weighted by atomic mass is 32.2. The van der Waals surface area contributed by atoms with Crippen molar-refractivity contribution >= 4 is 21.6 Å². The van der Waals surface area contributed by atoms with Gasteiger partial charge in [-0.2, -0.15) is 4.31 Å². The molecule has 1 N–H and O–H groups in total. The van der Waals surface area contributed by atoms with Gasteiger partial charge in [0, 0.05) is 31.9 Å². The van der Waals surface area contributed by atoms with E-state index >= 15 is 0 Å². The van der Waals surface area contributed by atoms with Crippen LogP contribution in [0.4, 0.5) is 14.5 Å². The number of para-hydroxylation sites is 1. The van der Waals surface area contributed by atoms with Gasteiger partial charge in [0.2, 0.25) is 15.9 Å². The Balaban J connectivity index is 1.60. The SMILES string of the molecule is Cc1cccc(C)c1NC(=O)CN1CCN(S(=O)(=O)c2cc(F)ccc2F)CC1. The summed E-state index contributed by atoms with van der Waals surface area (Å²) in [5, 5.41) is 2.90. The van der Waals surface area contributed by atoms with E-state index in [-0.39, 0.29) is 25.5 Å². The number of nitrogens with zero attached hydrogens (tertiary/aromatic N) is 2. The number of hydrogen-bond donors (Lipinski definition) is 1. The third kappa shape index (κ3) is 4.80. The van der Waals surface area contributed by atoms with Crippen LogP contribution in [0.5, 0.6) is 0 Å². The molecule has 9 heteroatoms. The lowest BCUT2D eigenvalue weighted by Crippen LogP contribution is -2.50. The minimum absolute atomic E-state index is 0.0922. The zero-order valence-corrected chi connectivity index (χ0v) is 17.1. The van der Waals surface area contributed by atoms with Crippen molar-refractivity contribution in [2.45, 2.75) is 18.7 Å². The fourth-order valence-corrected chi connectivity index (χ4v) is 4.83. The second kappa shape index (κ2) is 8.56. The summed E-state index contributed by atoms with van der Waals surface area (Å²) in [7, 11) is -4.14. The maximum atomic E-state index is 13.9. The maximum absolute atomic E-state index is 13.9. The summed E-state index contributed by atoms with van der Waals surface area (Å²) in [6, 6.07) is 8.11. The number of carbonyl (C=O) groups excluding carboxylic acids is 1. The van der Waals surface area contributed by atoms with Crippen LogP contribution in [0.15, 0.2) is 41.3 Å². The van der Waals surface area contributed by atoms with Crippen LogP contribution in [-0.2, 0) is 14.8 Å². The lowest BCUT2D eigenvalue weighted by Gasteiger charge is -2.33. The summed E-state index contributed by atoms with van der Waals surface area (Å²) >= 11 is 0. The summed E-state index contributed by atoms with van der Waals surface area (Å²) in [5.74, 6) is -1.98. The lowest BCUT2D eigenvalue weighted by atomic mass is 10.1. The number of halogens is 2. The number of piperazine rings is 1. The standard InChI is InChI=1S/C20H23F2N3O3S/c1-14-4-3-5-15(2)20(14)23-19(26)13-24-8-10-25(11-9-24)29(27,28)18-12-16(21)6-7-17(18)22/h3-7,12H,8-11,13H2,1-2H3,(H,23,26). The van der Waals surface area contributed by atoms with Crippen molar-refractivity contribution in [3.63, 3.8) is 0 Å². The topological polar surface area (TPSA) is 69.7 Å². The molecule has 1 saturated heterocycles. The summed E-state index contributed by atoms with van der Waals surface area (Å²) < 4.78 is 53.7. The zero-order valence-electron chi connectivity index (χ0n) is 16.3. The molecule has 1 amide bonds. The molecule has 1 heterocycles. The minimum Gasteiger partial charge on any atom is -0.324 e. The molecule has 2 aromatic carbocycles. The number of nitrogens with one attached hydrogen (secondary N) is 1. The van der Waals surface area contributed by atoms with Crippen LogP contribution in [0.2, 0.25) is 0 Å². The number of anilines is 1. The van der Waals surface area contributed by atoms with Gasteiger partial charge in [0.25, 0.3) is 0 Å². The van der Waals surface area contributed by atoms with Crippen molar-refractivity contribution in [3.8, 4) is 0 Å². The second-order valence-corrected chi connectivity index (χ2v) is 8.98. The first-order chi connectivity index (χ1) is 13.7. The molecule has 0 saturated carbocycles. The first-order valence-corrected chi connectivity index (χ1v) is 10.7. The van der Waals surface area contributed by atoms with Crippen molar-refractivity contribution in [1.82, 2.24) is 9.21 Å². The number of hydrogen-bond acceptors (Lipinski definition) is 4. The van der Waals surface area contributed by atoms with E-state index < -0.39 is 26.6 Å². The number of sulfonamides is 1. The molecule has 1 aliphatic heterocycles. The quantitative estimate of drug-likeness (QED) is 0.803. The molecule has 0 radical (unpaired) electrons. The second-order valence-electron chi connectivity index (χ2n) is 7.07. The van der Waals surface area contributed by atoms with Crippen LogP contribution in [0.3, 0.4) is 0 Å². The lowest BCUT2D eigenvalue weighted by molar-refractivity contribution is -0.117. The molecule has 156 valence electrons. The van der Waals surface area contributed by atoms with Gasteiger partial charge in [0.1, 0.15) is 16.5 Å². The van der Waals surface area contributed by atoms with E-state index in [0.717, 1.165) is 33.3 Å². The highest BCUT2D eigenvalue weighted by Crippen LogP contribution is 2.22. The molecule has 0 bridgehead atoms. The van der Waals surface area contributed by atoms with Crippen LogP contribution >= 0.6 is 0 Å². The molecule has 0 aliphatic carbocycles. The van der Waals surface area contributed by atoms with Gasteiger partial charge in [0.15, 0.2) is 0 Å². The molecule has 1 fully saturated rings. The summed E-state index contributed by atoms with van der Waals surface area (Å²) in [6.07, 6.45) is 0. The fourth-order valence-electron chi connectivity index (χ4n) is 3.34. The van der Waals surface area contributed by atoms with E-state index in [9.17, 15) is 22.0 Å². The molecule has 0 aromatic heterocycles. The largest absolute Gasteiger partial charge is 0.324 e. The van der Waals surface area contributed by atoms with Gasteiger partial charge in [0.05, 0.1) is 6.54 Å². The van der Waals surface area contributed by atoms with Crippen LogP contribution in [0.25, 0.3) is 0 Å². The predicted octanol–water partition coefficient (Wildman–Crippen LogP) is 2.53. The number of carbonyl (C=O) groups is 1. The Morgan fingerprint density at radius 3 is 2.28 bits per heavy atom. The van der Waals surface area contributed by atoms with E-state index in [2.05, 4.69) is 5.32 Å². The van der Waals surface area contributed by atoms with Gasteiger partial charge < -0.3 is 5.32 Å². The van der Waals surface area contributed by atoms with Gasteiger partial charge in [-0.1, -0.05) is 18.2 Å². The molecule has 29 heavy (non-hydrogen) atoms. The average molecular weight is 423 g/mol. The number of aryl methyl sites for hydroxylation is 2. The molecule has 6 nitrogen and oxygen atoms in total.